The minimum atomic E-state index is -0.633. The van der Waals surface area contributed by atoms with Crippen molar-refractivity contribution < 1.29 is 33.0 Å². The van der Waals surface area contributed by atoms with Crippen LogP contribution in [0.15, 0.2) is 36.8 Å². The second kappa shape index (κ2) is 12.2. The number of hydrogen-bond acceptors (Lipinski definition) is 9. The third-order valence-electron chi connectivity index (χ3n) is 6.04. The summed E-state index contributed by atoms with van der Waals surface area (Å²) in [5, 5.41) is 5.05. The van der Waals surface area contributed by atoms with Gasteiger partial charge in [0.15, 0.2) is 0 Å². The summed E-state index contributed by atoms with van der Waals surface area (Å²) in [6.45, 7) is 3.46. The molecule has 2 saturated heterocycles. The number of cyclic esters (lactones) is 1. The van der Waals surface area contributed by atoms with Crippen LogP contribution >= 0.6 is 0 Å². The number of piperazine rings is 1. The van der Waals surface area contributed by atoms with Gasteiger partial charge in [-0.1, -0.05) is 0 Å². The van der Waals surface area contributed by atoms with E-state index in [9.17, 15) is 19.2 Å². The molecule has 0 spiro atoms. The van der Waals surface area contributed by atoms with Crippen LogP contribution < -0.4 is 20.4 Å². The molecule has 0 bridgehead atoms. The summed E-state index contributed by atoms with van der Waals surface area (Å²) in [5.74, 6) is -1.26. The number of halogens is 1. The Bertz CT molecular complexity index is 1180. The van der Waals surface area contributed by atoms with Gasteiger partial charge in [0, 0.05) is 38.6 Å². The summed E-state index contributed by atoms with van der Waals surface area (Å²) in [4.78, 5) is 60.7. The zero-order valence-corrected chi connectivity index (χ0v) is 20.8. The van der Waals surface area contributed by atoms with Crippen molar-refractivity contribution in [2.45, 2.75) is 13.0 Å². The van der Waals surface area contributed by atoms with Gasteiger partial charge < -0.3 is 29.9 Å². The summed E-state index contributed by atoms with van der Waals surface area (Å²) in [6, 6.07) is 4.47. The highest BCUT2D eigenvalue weighted by atomic mass is 19.1. The molecule has 2 N–H and O–H groups in total. The number of benzene rings is 1. The number of carbonyl (C=O) groups excluding carboxylic acids is 4. The SMILES string of the molecule is CCOC(=O)NC[C@H]1CN(c2ccc(N3CCN(C(=O)CNC(=O)c4cnccn4)CC3)c(F)c2)C(=O)O1. The Morgan fingerprint density at radius 2 is 1.95 bits per heavy atom. The van der Waals surface area contributed by atoms with E-state index < -0.39 is 30.0 Å². The second-order valence-corrected chi connectivity index (χ2v) is 8.49. The number of aromatic nitrogens is 2. The predicted octanol–water partition coefficient (Wildman–Crippen LogP) is 0.766. The Kier molecular flexibility index (Phi) is 8.51. The lowest BCUT2D eigenvalue weighted by Crippen LogP contribution is -2.51. The maximum Gasteiger partial charge on any atom is 0.414 e. The van der Waals surface area contributed by atoms with Crippen molar-refractivity contribution in [3.05, 3.63) is 48.3 Å². The molecule has 38 heavy (non-hydrogen) atoms. The molecule has 4 rings (SSSR count). The lowest BCUT2D eigenvalue weighted by molar-refractivity contribution is -0.130. The molecule has 0 unspecified atom stereocenters. The van der Waals surface area contributed by atoms with E-state index in [0.29, 0.717) is 37.6 Å². The summed E-state index contributed by atoms with van der Waals surface area (Å²) in [5.41, 5.74) is 0.808. The van der Waals surface area contributed by atoms with E-state index in [2.05, 4.69) is 20.6 Å². The van der Waals surface area contributed by atoms with Crippen molar-refractivity contribution in [3.63, 3.8) is 0 Å². The van der Waals surface area contributed by atoms with E-state index in [1.54, 1.807) is 24.0 Å². The third-order valence-corrected chi connectivity index (χ3v) is 6.04. The quantitative estimate of drug-likeness (QED) is 0.506. The van der Waals surface area contributed by atoms with Gasteiger partial charge in [0.05, 0.1) is 43.8 Å². The van der Waals surface area contributed by atoms with E-state index in [-0.39, 0.29) is 37.8 Å². The highest BCUT2D eigenvalue weighted by Gasteiger charge is 2.33. The topological polar surface area (TPSA) is 146 Å². The molecule has 1 aromatic carbocycles. The molecule has 3 heterocycles. The first-order valence-electron chi connectivity index (χ1n) is 12.1. The molecule has 0 saturated carbocycles. The van der Waals surface area contributed by atoms with E-state index >= 15 is 4.39 Å². The first-order chi connectivity index (χ1) is 18.4. The first-order valence-corrected chi connectivity index (χ1v) is 12.1. The van der Waals surface area contributed by atoms with Crippen LogP contribution in [0.3, 0.4) is 0 Å². The van der Waals surface area contributed by atoms with Crippen molar-refractivity contribution in [1.29, 1.82) is 0 Å². The van der Waals surface area contributed by atoms with Crippen molar-refractivity contribution in [2.24, 2.45) is 0 Å². The highest BCUT2D eigenvalue weighted by Crippen LogP contribution is 2.28. The largest absolute Gasteiger partial charge is 0.450 e. The zero-order chi connectivity index (χ0) is 27.1. The summed E-state index contributed by atoms with van der Waals surface area (Å²) in [7, 11) is 0. The Balaban J connectivity index is 1.27. The monoisotopic (exact) mass is 529 g/mol. The fraction of sp³-hybridized carbons (Fsp3) is 0.417. The molecule has 14 heteroatoms. The van der Waals surface area contributed by atoms with Crippen molar-refractivity contribution in [2.75, 3.05) is 62.2 Å². The molecule has 2 aromatic rings. The molecule has 2 fully saturated rings. The first kappa shape index (κ1) is 26.6. The number of nitrogens with zero attached hydrogens (tertiary/aromatic N) is 5. The number of amides is 4. The Morgan fingerprint density at radius 3 is 2.63 bits per heavy atom. The molecule has 4 amide bonds. The molecule has 2 aliphatic rings. The Morgan fingerprint density at radius 1 is 1.16 bits per heavy atom. The van der Waals surface area contributed by atoms with Crippen LogP contribution in [0.25, 0.3) is 0 Å². The average Bonchev–Trinajstić information content (AvgIpc) is 3.31. The normalized spacial score (nSPS) is 17.2. The van der Waals surface area contributed by atoms with Crippen LogP contribution in [-0.4, -0.2) is 97.4 Å². The van der Waals surface area contributed by atoms with Gasteiger partial charge in [0.1, 0.15) is 17.6 Å². The molecule has 0 radical (unpaired) electrons. The van der Waals surface area contributed by atoms with E-state index in [0.717, 1.165) is 0 Å². The minimum absolute atomic E-state index is 0.0780. The molecule has 13 nitrogen and oxygen atoms in total. The van der Waals surface area contributed by atoms with Gasteiger partial charge >= 0.3 is 12.2 Å². The van der Waals surface area contributed by atoms with Crippen LogP contribution in [0.5, 0.6) is 0 Å². The van der Waals surface area contributed by atoms with Gasteiger partial charge in [-0.25, -0.2) is 19.0 Å². The van der Waals surface area contributed by atoms with Gasteiger partial charge in [0.25, 0.3) is 5.91 Å². The predicted molar refractivity (Wildman–Crippen MR) is 132 cm³/mol. The van der Waals surface area contributed by atoms with Gasteiger partial charge in [-0.2, -0.15) is 0 Å². The van der Waals surface area contributed by atoms with Crippen molar-refractivity contribution >= 4 is 35.4 Å². The van der Waals surface area contributed by atoms with Gasteiger partial charge in [-0.05, 0) is 25.1 Å². The van der Waals surface area contributed by atoms with E-state index in [1.165, 1.54) is 29.6 Å². The smallest absolute Gasteiger partial charge is 0.414 e. The average molecular weight is 530 g/mol. The van der Waals surface area contributed by atoms with Gasteiger partial charge in [-0.15, -0.1) is 0 Å². The Hall–Kier alpha value is -4.49. The van der Waals surface area contributed by atoms with Crippen LogP contribution in [0.2, 0.25) is 0 Å². The van der Waals surface area contributed by atoms with Gasteiger partial charge in [-0.3, -0.25) is 19.5 Å². The van der Waals surface area contributed by atoms with Crippen LogP contribution in [0, 0.1) is 5.82 Å². The van der Waals surface area contributed by atoms with Crippen LogP contribution in [0.4, 0.5) is 25.4 Å². The molecule has 2 aliphatic heterocycles. The molecule has 1 aromatic heterocycles. The molecule has 1 atom stereocenters. The third kappa shape index (κ3) is 6.44. The maximum atomic E-state index is 15.0. The summed E-state index contributed by atoms with van der Waals surface area (Å²) in [6.07, 6.45) is 2.32. The standard InChI is InChI=1S/C24H28FN7O6/c1-2-37-23(35)29-12-17-15-32(24(36)38-17)16-3-4-20(18(25)11-16)30-7-9-31(10-8-30)21(33)14-28-22(34)19-13-26-5-6-27-19/h3-6,11,13,17H,2,7-10,12,14-15H2,1H3,(H,28,34)(H,29,35)/t17-/m0/s1. The Labute approximate surface area is 217 Å². The fourth-order valence-electron chi connectivity index (χ4n) is 4.11. The molecular weight excluding hydrogens is 501 g/mol. The molecular formula is C24H28FN7O6. The number of hydrogen-bond donors (Lipinski definition) is 2. The highest BCUT2D eigenvalue weighted by molar-refractivity contribution is 5.94. The number of anilines is 2. The van der Waals surface area contributed by atoms with E-state index in [4.69, 9.17) is 9.47 Å². The summed E-state index contributed by atoms with van der Waals surface area (Å²) >= 11 is 0. The maximum absolute atomic E-state index is 15.0. The number of rotatable bonds is 8. The summed E-state index contributed by atoms with van der Waals surface area (Å²) < 4.78 is 25.1. The second-order valence-electron chi connectivity index (χ2n) is 8.49. The van der Waals surface area contributed by atoms with Gasteiger partial charge in [0.2, 0.25) is 5.91 Å². The minimum Gasteiger partial charge on any atom is -0.450 e. The lowest BCUT2D eigenvalue weighted by atomic mass is 10.2. The van der Waals surface area contributed by atoms with E-state index in [1.807, 2.05) is 4.90 Å². The number of nitrogens with one attached hydrogen (secondary N) is 2. The van der Waals surface area contributed by atoms with Crippen molar-refractivity contribution in [1.82, 2.24) is 25.5 Å². The number of carbonyl (C=O) groups is 4. The van der Waals surface area contributed by atoms with Crippen molar-refractivity contribution in [3.8, 4) is 0 Å². The number of alkyl carbamates (subject to hydrolysis) is 1. The molecule has 202 valence electrons. The zero-order valence-electron chi connectivity index (χ0n) is 20.8. The fourth-order valence-corrected chi connectivity index (χ4v) is 4.11. The number of ether oxygens (including phenoxy) is 2. The van der Waals surface area contributed by atoms with Crippen LogP contribution in [0.1, 0.15) is 17.4 Å². The lowest BCUT2D eigenvalue weighted by Gasteiger charge is -2.36. The van der Waals surface area contributed by atoms with Crippen LogP contribution in [-0.2, 0) is 14.3 Å². The molecule has 0 aliphatic carbocycles.